The second-order valence-corrected chi connectivity index (χ2v) is 5.69. The van der Waals surface area contributed by atoms with E-state index >= 15 is 0 Å². The summed E-state index contributed by atoms with van der Waals surface area (Å²) in [6.45, 7) is 5.76. The van der Waals surface area contributed by atoms with Crippen molar-refractivity contribution in [2.45, 2.75) is 65.3 Å². The zero-order valence-electron chi connectivity index (χ0n) is 16.7. The SMILES string of the molecule is CCC/C=C/C(=O)N(C(=O)/C=C/CCC)C(CC(=O)OCCC)C(=O)[O-].[Na+]. The molecule has 8 heteroatoms. The minimum Gasteiger partial charge on any atom is -0.548 e. The molecule has 0 spiro atoms. The molecule has 0 aromatic heterocycles. The molecule has 0 N–H and O–H groups in total. The van der Waals surface area contributed by atoms with Crippen molar-refractivity contribution >= 4 is 23.8 Å². The Kier molecular flexibility index (Phi) is 17.2. The van der Waals surface area contributed by atoms with E-state index in [1.807, 2.05) is 13.8 Å². The van der Waals surface area contributed by atoms with Crippen LogP contribution in [0.25, 0.3) is 0 Å². The second-order valence-electron chi connectivity index (χ2n) is 5.69. The molecule has 0 aliphatic heterocycles. The van der Waals surface area contributed by atoms with Crippen LogP contribution in [-0.4, -0.2) is 41.3 Å². The van der Waals surface area contributed by atoms with Crippen molar-refractivity contribution in [1.29, 1.82) is 0 Å². The van der Waals surface area contributed by atoms with E-state index in [1.54, 1.807) is 19.1 Å². The predicted molar refractivity (Wildman–Crippen MR) is 94.6 cm³/mol. The summed E-state index contributed by atoms with van der Waals surface area (Å²) in [6, 6.07) is -1.73. The van der Waals surface area contributed by atoms with Crippen LogP contribution in [0.15, 0.2) is 24.3 Å². The number of ether oxygens (including phenoxy) is 1. The number of nitrogens with zero attached hydrogens (tertiary/aromatic N) is 1. The second kappa shape index (κ2) is 16.7. The summed E-state index contributed by atoms with van der Waals surface area (Å²) in [4.78, 5) is 48.6. The van der Waals surface area contributed by atoms with Gasteiger partial charge in [-0.1, -0.05) is 45.8 Å². The number of amides is 2. The summed E-state index contributed by atoms with van der Waals surface area (Å²) in [7, 11) is 0. The van der Waals surface area contributed by atoms with E-state index in [0.717, 1.165) is 25.0 Å². The number of rotatable bonds is 12. The molecular formula is C19H28NNaO6. The number of aliphatic carboxylic acids is 1. The van der Waals surface area contributed by atoms with Gasteiger partial charge in [0.2, 0.25) is 0 Å². The maximum Gasteiger partial charge on any atom is 1.00 e. The van der Waals surface area contributed by atoms with Crippen LogP contribution in [0.5, 0.6) is 0 Å². The van der Waals surface area contributed by atoms with E-state index in [2.05, 4.69) is 0 Å². The molecule has 7 nitrogen and oxygen atoms in total. The van der Waals surface area contributed by atoms with Gasteiger partial charge >= 0.3 is 35.5 Å². The van der Waals surface area contributed by atoms with Gasteiger partial charge in [0.05, 0.1) is 25.0 Å². The molecule has 0 rings (SSSR count). The standard InChI is InChI=1S/C19H29NO6.Na/c1-4-7-9-11-16(21)20(17(22)12-10-8-5-2)15(19(24)25)14-18(23)26-13-6-3;/h9-12,15H,4-8,13-14H2,1-3H3,(H,24,25);/q;+1/p-1/b11-9+,12-10+;. The van der Waals surface area contributed by atoms with Gasteiger partial charge in [-0.3, -0.25) is 19.3 Å². The van der Waals surface area contributed by atoms with Gasteiger partial charge in [0.25, 0.3) is 11.8 Å². The van der Waals surface area contributed by atoms with Crippen LogP contribution in [-0.2, 0) is 23.9 Å². The van der Waals surface area contributed by atoms with Gasteiger partial charge in [0, 0.05) is 0 Å². The van der Waals surface area contributed by atoms with Gasteiger partial charge < -0.3 is 14.6 Å². The minimum atomic E-state index is -1.73. The average molecular weight is 389 g/mol. The number of carbonyl (C=O) groups excluding carboxylic acids is 4. The van der Waals surface area contributed by atoms with Crippen LogP contribution < -0.4 is 34.7 Å². The normalized spacial score (nSPS) is 11.8. The van der Waals surface area contributed by atoms with Crippen LogP contribution in [0.2, 0.25) is 0 Å². The van der Waals surface area contributed by atoms with Crippen molar-refractivity contribution in [2.24, 2.45) is 0 Å². The molecule has 2 amide bonds. The van der Waals surface area contributed by atoms with Gasteiger partial charge in [-0.15, -0.1) is 0 Å². The van der Waals surface area contributed by atoms with Crippen molar-refractivity contribution in [3.63, 3.8) is 0 Å². The third-order valence-electron chi connectivity index (χ3n) is 3.32. The smallest absolute Gasteiger partial charge is 0.548 e. The van der Waals surface area contributed by atoms with E-state index in [4.69, 9.17) is 4.74 Å². The first-order valence-corrected chi connectivity index (χ1v) is 8.95. The molecule has 0 radical (unpaired) electrons. The molecule has 1 unspecified atom stereocenters. The number of hydrogen-bond donors (Lipinski definition) is 0. The summed E-state index contributed by atoms with van der Waals surface area (Å²) in [6.07, 6.45) is 8.11. The Morgan fingerprint density at radius 2 is 1.41 bits per heavy atom. The van der Waals surface area contributed by atoms with Crippen molar-refractivity contribution in [1.82, 2.24) is 4.90 Å². The summed E-state index contributed by atoms with van der Waals surface area (Å²) < 4.78 is 4.86. The first kappa shape index (κ1) is 27.8. The average Bonchev–Trinajstić information content (AvgIpc) is 2.59. The number of allylic oxidation sites excluding steroid dienone is 2. The fourth-order valence-corrected chi connectivity index (χ4v) is 1.99. The zero-order chi connectivity index (χ0) is 19.9. The number of carbonyl (C=O) groups is 4. The molecule has 0 aliphatic carbocycles. The fourth-order valence-electron chi connectivity index (χ4n) is 1.99. The van der Waals surface area contributed by atoms with Gasteiger partial charge in [-0.25, -0.2) is 0 Å². The van der Waals surface area contributed by atoms with Crippen LogP contribution in [0.1, 0.15) is 59.3 Å². The number of carboxylic acids is 1. The monoisotopic (exact) mass is 389 g/mol. The molecule has 146 valence electrons. The minimum absolute atomic E-state index is 0. The van der Waals surface area contributed by atoms with Crippen LogP contribution in [0.3, 0.4) is 0 Å². The molecule has 27 heavy (non-hydrogen) atoms. The molecule has 0 aliphatic rings. The van der Waals surface area contributed by atoms with Crippen molar-refractivity contribution < 1.29 is 58.6 Å². The van der Waals surface area contributed by atoms with Crippen LogP contribution >= 0.6 is 0 Å². The maximum atomic E-state index is 12.4. The Hall–Kier alpha value is -1.44. The molecule has 0 heterocycles. The van der Waals surface area contributed by atoms with E-state index in [9.17, 15) is 24.3 Å². The van der Waals surface area contributed by atoms with E-state index in [0.29, 0.717) is 24.2 Å². The molecule has 0 saturated carbocycles. The first-order valence-electron chi connectivity index (χ1n) is 8.95. The Morgan fingerprint density at radius 1 is 0.926 bits per heavy atom. The van der Waals surface area contributed by atoms with Gasteiger partial charge in [0.15, 0.2) is 0 Å². The number of esters is 1. The Balaban J connectivity index is 0. The molecule has 0 aromatic rings. The fraction of sp³-hybridized carbons (Fsp3) is 0.579. The third kappa shape index (κ3) is 11.8. The Labute approximate surface area is 183 Å². The van der Waals surface area contributed by atoms with Crippen LogP contribution in [0, 0.1) is 0 Å². The molecular weight excluding hydrogens is 361 g/mol. The maximum absolute atomic E-state index is 12.4. The molecule has 0 bridgehead atoms. The molecule has 0 aromatic carbocycles. The topological polar surface area (TPSA) is 104 Å². The van der Waals surface area contributed by atoms with Gasteiger partial charge in [-0.05, 0) is 31.4 Å². The van der Waals surface area contributed by atoms with Gasteiger partial charge in [-0.2, -0.15) is 0 Å². The van der Waals surface area contributed by atoms with Crippen molar-refractivity contribution in [2.75, 3.05) is 6.61 Å². The molecule has 0 fully saturated rings. The van der Waals surface area contributed by atoms with Crippen LogP contribution in [0.4, 0.5) is 0 Å². The predicted octanol–water partition coefficient (Wildman–Crippen LogP) is -1.48. The summed E-state index contributed by atoms with van der Waals surface area (Å²) in [5.74, 6) is -4.10. The number of imide groups is 1. The Bertz CT molecular complexity index is 516. The van der Waals surface area contributed by atoms with E-state index in [1.165, 1.54) is 0 Å². The quantitative estimate of drug-likeness (QED) is 0.229. The third-order valence-corrected chi connectivity index (χ3v) is 3.32. The van der Waals surface area contributed by atoms with Crippen molar-refractivity contribution in [3.8, 4) is 0 Å². The first-order chi connectivity index (χ1) is 12.4. The Morgan fingerprint density at radius 3 is 1.78 bits per heavy atom. The van der Waals surface area contributed by atoms with E-state index < -0.39 is 36.2 Å². The summed E-state index contributed by atoms with van der Waals surface area (Å²) in [5.41, 5.74) is 0. The molecule has 1 atom stereocenters. The molecule has 0 saturated heterocycles. The summed E-state index contributed by atoms with van der Waals surface area (Å²) in [5, 5.41) is 11.5. The number of carboxylic acid groups (broad SMARTS) is 1. The van der Waals surface area contributed by atoms with Gasteiger partial charge in [0.1, 0.15) is 0 Å². The number of unbranched alkanes of at least 4 members (excludes halogenated alkanes) is 2. The summed E-state index contributed by atoms with van der Waals surface area (Å²) >= 11 is 0. The number of hydrogen-bond acceptors (Lipinski definition) is 6. The van der Waals surface area contributed by atoms with E-state index in [-0.39, 0.29) is 36.2 Å². The van der Waals surface area contributed by atoms with Crippen molar-refractivity contribution in [3.05, 3.63) is 24.3 Å². The largest absolute Gasteiger partial charge is 1.00 e. The zero-order valence-corrected chi connectivity index (χ0v) is 18.7.